The topological polar surface area (TPSA) is 56.7 Å². The van der Waals surface area contributed by atoms with Gasteiger partial charge < -0.3 is 14.2 Å². The highest BCUT2D eigenvalue weighted by Gasteiger charge is 2.48. The molecule has 132 valence electrons. The summed E-state index contributed by atoms with van der Waals surface area (Å²) in [6.45, 7) is 3.38. The van der Waals surface area contributed by atoms with E-state index in [1.54, 1.807) is 19.5 Å². The average Bonchev–Trinajstić information content (AvgIpc) is 2.62. The van der Waals surface area contributed by atoms with Crippen LogP contribution in [0.2, 0.25) is 0 Å². The normalized spacial score (nSPS) is 22.4. The number of methoxy groups -OCH3 is 1. The number of ether oxygens (including phenoxy) is 3. The molecule has 4 heterocycles. The number of aromatic nitrogens is 2. The Labute approximate surface area is 147 Å². The first kappa shape index (κ1) is 16.3. The zero-order valence-corrected chi connectivity index (χ0v) is 14.4. The molecule has 2 aliphatic rings. The van der Waals surface area contributed by atoms with Gasteiger partial charge in [-0.25, -0.2) is 9.97 Å². The molecular weight excluding hydrogens is 318 g/mol. The first-order valence-corrected chi connectivity index (χ1v) is 8.68. The molecule has 6 nitrogen and oxygen atoms in total. The Kier molecular flexibility index (Phi) is 4.55. The number of nitrogens with zero attached hydrogens (tertiary/aromatic N) is 3. The van der Waals surface area contributed by atoms with E-state index in [2.05, 4.69) is 20.9 Å². The van der Waals surface area contributed by atoms with E-state index in [0.717, 1.165) is 44.6 Å². The average molecular weight is 341 g/mol. The summed E-state index contributed by atoms with van der Waals surface area (Å²) in [5.74, 6) is 1.39. The van der Waals surface area contributed by atoms with Crippen LogP contribution in [-0.2, 0) is 11.3 Å². The minimum Gasteiger partial charge on any atom is -0.481 e. The highest BCUT2D eigenvalue weighted by Crippen LogP contribution is 2.36. The maximum atomic E-state index is 6.10. The van der Waals surface area contributed by atoms with Crippen molar-refractivity contribution in [2.75, 3.05) is 26.8 Å². The van der Waals surface area contributed by atoms with Gasteiger partial charge in [0.2, 0.25) is 11.8 Å². The summed E-state index contributed by atoms with van der Waals surface area (Å²) in [4.78, 5) is 10.9. The molecule has 0 bridgehead atoms. The summed E-state index contributed by atoms with van der Waals surface area (Å²) >= 11 is 0. The van der Waals surface area contributed by atoms with Crippen molar-refractivity contribution in [2.24, 2.45) is 0 Å². The molecule has 2 aliphatic heterocycles. The van der Waals surface area contributed by atoms with Gasteiger partial charge >= 0.3 is 0 Å². The fraction of sp³-hybridized carbons (Fsp3) is 0.474. The monoisotopic (exact) mass is 341 g/mol. The lowest BCUT2D eigenvalue weighted by atomic mass is 9.84. The van der Waals surface area contributed by atoms with Gasteiger partial charge in [0, 0.05) is 56.5 Å². The first-order chi connectivity index (χ1) is 12.3. The Hall–Kier alpha value is -2.18. The standard InChI is InChI=1S/C19H23N3O3/c1-23-18-15(5-4-9-21-18)12-22-13-19(14-22)11-16(7-10-24-19)25-17-6-2-3-8-20-17/h2-6,8-9,16H,7,10-14H2,1H3/t16-/m1/s1. The Morgan fingerprint density at radius 2 is 2.08 bits per heavy atom. The third kappa shape index (κ3) is 3.60. The van der Waals surface area contributed by atoms with Crippen molar-refractivity contribution in [1.82, 2.24) is 14.9 Å². The molecule has 0 N–H and O–H groups in total. The second kappa shape index (κ2) is 6.98. The molecule has 1 atom stereocenters. The molecule has 25 heavy (non-hydrogen) atoms. The highest BCUT2D eigenvalue weighted by atomic mass is 16.5. The van der Waals surface area contributed by atoms with E-state index in [0.29, 0.717) is 11.8 Å². The van der Waals surface area contributed by atoms with Crippen LogP contribution in [0.15, 0.2) is 42.7 Å². The minimum absolute atomic E-state index is 0.0901. The number of hydrogen-bond donors (Lipinski definition) is 0. The van der Waals surface area contributed by atoms with Gasteiger partial charge in [-0.2, -0.15) is 0 Å². The van der Waals surface area contributed by atoms with Gasteiger partial charge in [0.25, 0.3) is 0 Å². The zero-order chi connectivity index (χ0) is 17.1. The predicted molar refractivity (Wildman–Crippen MR) is 92.6 cm³/mol. The summed E-state index contributed by atoms with van der Waals surface area (Å²) in [6, 6.07) is 9.76. The van der Waals surface area contributed by atoms with Crippen LogP contribution in [-0.4, -0.2) is 53.4 Å². The molecule has 2 fully saturated rings. The maximum Gasteiger partial charge on any atom is 0.217 e. The molecule has 0 radical (unpaired) electrons. The third-order valence-electron chi connectivity index (χ3n) is 4.83. The van der Waals surface area contributed by atoms with Gasteiger partial charge in [-0.15, -0.1) is 0 Å². The van der Waals surface area contributed by atoms with E-state index in [1.807, 2.05) is 24.3 Å². The van der Waals surface area contributed by atoms with Crippen molar-refractivity contribution >= 4 is 0 Å². The number of rotatable bonds is 5. The van der Waals surface area contributed by atoms with Crippen LogP contribution in [0, 0.1) is 0 Å². The number of likely N-dealkylation sites (tertiary alicyclic amines) is 1. The Morgan fingerprint density at radius 3 is 2.88 bits per heavy atom. The molecule has 4 rings (SSSR count). The molecule has 0 aromatic carbocycles. The van der Waals surface area contributed by atoms with Crippen LogP contribution >= 0.6 is 0 Å². The number of hydrogen-bond acceptors (Lipinski definition) is 6. The maximum absolute atomic E-state index is 6.10. The van der Waals surface area contributed by atoms with Gasteiger partial charge in [0.05, 0.1) is 19.3 Å². The van der Waals surface area contributed by atoms with Crippen molar-refractivity contribution < 1.29 is 14.2 Å². The van der Waals surface area contributed by atoms with Crippen LogP contribution in [0.4, 0.5) is 0 Å². The van der Waals surface area contributed by atoms with Crippen molar-refractivity contribution in [3.05, 3.63) is 48.3 Å². The van der Waals surface area contributed by atoms with Crippen LogP contribution < -0.4 is 9.47 Å². The van der Waals surface area contributed by atoms with Crippen LogP contribution in [0.25, 0.3) is 0 Å². The van der Waals surface area contributed by atoms with Gasteiger partial charge in [-0.05, 0) is 12.1 Å². The van der Waals surface area contributed by atoms with Crippen LogP contribution in [0.5, 0.6) is 11.8 Å². The van der Waals surface area contributed by atoms with Crippen molar-refractivity contribution in [1.29, 1.82) is 0 Å². The van der Waals surface area contributed by atoms with E-state index in [-0.39, 0.29) is 11.7 Å². The lowest BCUT2D eigenvalue weighted by Gasteiger charge is -2.53. The van der Waals surface area contributed by atoms with Gasteiger partial charge in [0.15, 0.2) is 0 Å². The SMILES string of the molecule is COc1ncccc1CN1CC2(C[C@H](Oc3ccccn3)CCO2)C1. The molecule has 0 unspecified atom stereocenters. The summed E-state index contributed by atoms with van der Waals surface area (Å²) < 4.78 is 17.5. The van der Waals surface area contributed by atoms with Crippen molar-refractivity contribution in [3.63, 3.8) is 0 Å². The molecule has 2 aromatic heterocycles. The summed E-state index contributed by atoms with van der Waals surface area (Å²) in [5.41, 5.74) is 1.02. The Bertz CT molecular complexity index is 704. The van der Waals surface area contributed by atoms with Crippen molar-refractivity contribution in [2.45, 2.75) is 31.1 Å². The van der Waals surface area contributed by atoms with E-state index in [1.165, 1.54) is 0 Å². The molecular formula is C19H23N3O3. The van der Waals surface area contributed by atoms with E-state index in [4.69, 9.17) is 14.2 Å². The zero-order valence-electron chi connectivity index (χ0n) is 14.4. The molecule has 2 saturated heterocycles. The smallest absolute Gasteiger partial charge is 0.217 e. The van der Waals surface area contributed by atoms with Gasteiger partial charge in [0.1, 0.15) is 6.10 Å². The van der Waals surface area contributed by atoms with Crippen LogP contribution in [0.1, 0.15) is 18.4 Å². The molecule has 0 amide bonds. The van der Waals surface area contributed by atoms with Crippen molar-refractivity contribution in [3.8, 4) is 11.8 Å². The quantitative estimate of drug-likeness (QED) is 0.832. The lowest BCUT2D eigenvalue weighted by molar-refractivity contribution is -0.188. The minimum atomic E-state index is -0.0901. The van der Waals surface area contributed by atoms with Crippen LogP contribution in [0.3, 0.4) is 0 Å². The molecule has 2 aromatic rings. The highest BCUT2D eigenvalue weighted by molar-refractivity contribution is 5.26. The number of pyridine rings is 2. The van der Waals surface area contributed by atoms with E-state index >= 15 is 0 Å². The second-order valence-electron chi connectivity index (χ2n) is 6.75. The molecule has 6 heteroatoms. The summed E-state index contributed by atoms with van der Waals surface area (Å²) in [5, 5.41) is 0. The van der Waals surface area contributed by atoms with E-state index in [9.17, 15) is 0 Å². The largest absolute Gasteiger partial charge is 0.481 e. The van der Waals surface area contributed by atoms with E-state index < -0.39 is 0 Å². The Morgan fingerprint density at radius 1 is 1.20 bits per heavy atom. The predicted octanol–water partition coefficient (Wildman–Crippen LogP) is 2.30. The second-order valence-corrected chi connectivity index (χ2v) is 6.75. The van der Waals surface area contributed by atoms with Gasteiger partial charge in [-0.3, -0.25) is 4.90 Å². The summed E-state index contributed by atoms with van der Waals surface area (Å²) in [6.07, 6.45) is 5.50. The lowest BCUT2D eigenvalue weighted by Crippen LogP contribution is -2.65. The fourth-order valence-electron chi connectivity index (χ4n) is 3.74. The van der Waals surface area contributed by atoms with Gasteiger partial charge in [-0.1, -0.05) is 12.1 Å². The summed E-state index contributed by atoms with van der Waals surface area (Å²) in [7, 11) is 1.66. The Balaban J connectivity index is 1.33. The molecule has 0 aliphatic carbocycles. The fourth-order valence-corrected chi connectivity index (χ4v) is 3.74. The third-order valence-corrected chi connectivity index (χ3v) is 4.83. The first-order valence-electron chi connectivity index (χ1n) is 8.68. The molecule has 1 spiro atoms. The molecule has 0 saturated carbocycles.